The lowest BCUT2D eigenvalue weighted by molar-refractivity contribution is -0.136. The molecule has 0 saturated carbocycles. The number of barbiturate groups is 1. The lowest BCUT2D eigenvalue weighted by atomic mass is 9.96. The molecule has 0 spiro atoms. The normalized spacial score (nSPS) is 15.8. The molecule has 2 N–H and O–H groups in total. The maximum absolute atomic E-state index is 12.0. The Morgan fingerprint density at radius 2 is 1.70 bits per heavy atom. The van der Waals surface area contributed by atoms with Gasteiger partial charge < -0.3 is 0 Å². The van der Waals surface area contributed by atoms with E-state index in [4.69, 9.17) is 11.6 Å². The highest BCUT2D eigenvalue weighted by atomic mass is 35.5. The summed E-state index contributed by atoms with van der Waals surface area (Å²) < 4.78 is 0. The molecule has 0 radical (unpaired) electrons. The highest BCUT2D eigenvalue weighted by Gasteiger charge is 2.34. The fourth-order valence-electron chi connectivity index (χ4n) is 1.91. The van der Waals surface area contributed by atoms with Gasteiger partial charge in [-0.1, -0.05) is 23.7 Å². The van der Waals surface area contributed by atoms with E-state index in [-0.39, 0.29) is 18.6 Å². The first-order valence-electron chi connectivity index (χ1n) is 5.92. The summed E-state index contributed by atoms with van der Waals surface area (Å²) in [7, 11) is 0. The van der Waals surface area contributed by atoms with Crippen LogP contribution in [0.1, 0.15) is 23.2 Å². The summed E-state index contributed by atoms with van der Waals surface area (Å²) in [5.41, 5.74) is 0.349. The van der Waals surface area contributed by atoms with E-state index >= 15 is 0 Å². The first-order valence-corrected chi connectivity index (χ1v) is 6.30. The third-order valence-electron chi connectivity index (χ3n) is 2.94. The zero-order chi connectivity index (χ0) is 14.7. The van der Waals surface area contributed by atoms with Gasteiger partial charge in [0.25, 0.3) is 0 Å². The molecular weight excluding hydrogens is 284 g/mol. The van der Waals surface area contributed by atoms with E-state index < -0.39 is 23.8 Å². The average Bonchev–Trinajstić information content (AvgIpc) is 2.37. The van der Waals surface area contributed by atoms with Gasteiger partial charge in [-0.3, -0.25) is 25.0 Å². The van der Waals surface area contributed by atoms with Gasteiger partial charge in [0.05, 0.1) is 5.02 Å². The molecular formula is C13H11ClN2O4. The number of carbonyl (C=O) groups is 4. The highest BCUT2D eigenvalue weighted by molar-refractivity contribution is 6.34. The first-order chi connectivity index (χ1) is 9.49. The van der Waals surface area contributed by atoms with Gasteiger partial charge in [-0.25, -0.2) is 4.79 Å². The molecule has 0 atom stereocenters. The van der Waals surface area contributed by atoms with Crippen molar-refractivity contribution in [1.29, 1.82) is 0 Å². The van der Waals surface area contributed by atoms with Crippen LogP contribution in [0.4, 0.5) is 4.79 Å². The number of imide groups is 2. The number of urea groups is 1. The number of rotatable bonds is 4. The topological polar surface area (TPSA) is 92.3 Å². The Morgan fingerprint density at radius 3 is 2.30 bits per heavy atom. The highest BCUT2D eigenvalue weighted by Crippen LogP contribution is 2.19. The number of Topliss-reactive ketones (excluding diaryl/α,β-unsaturated/α-hetero) is 1. The Hall–Kier alpha value is -2.21. The van der Waals surface area contributed by atoms with Crippen molar-refractivity contribution in [2.75, 3.05) is 0 Å². The molecule has 0 aromatic heterocycles. The molecule has 0 bridgehead atoms. The number of amides is 4. The summed E-state index contributed by atoms with van der Waals surface area (Å²) in [4.78, 5) is 45.9. The van der Waals surface area contributed by atoms with Crippen LogP contribution in [0.15, 0.2) is 24.3 Å². The summed E-state index contributed by atoms with van der Waals surface area (Å²) >= 11 is 5.89. The Labute approximate surface area is 119 Å². The second-order valence-corrected chi connectivity index (χ2v) is 4.71. The quantitative estimate of drug-likeness (QED) is 0.646. The average molecular weight is 295 g/mol. The number of nitrogens with one attached hydrogen (secondary N) is 2. The van der Waals surface area contributed by atoms with Crippen molar-refractivity contribution in [3.8, 4) is 0 Å². The third kappa shape index (κ3) is 3.03. The Kier molecular flexibility index (Phi) is 4.14. The number of carbonyl (C=O) groups excluding carboxylic acids is 4. The zero-order valence-electron chi connectivity index (χ0n) is 10.3. The van der Waals surface area contributed by atoms with E-state index in [2.05, 4.69) is 0 Å². The maximum Gasteiger partial charge on any atom is 0.328 e. The minimum absolute atomic E-state index is 0.0105. The smallest absolute Gasteiger partial charge is 0.294 e. The zero-order valence-corrected chi connectivity index (χ0v) is 11.1. The van der Waals surface area contributed by atoms with Gasteiger partial charge in [0, 0.05) is 12.0 Å². The van der Waals surface area contributed by atoms with Crippen LogP contribution in [0.5, 0.6) is 0 Å². The van der Waals surface area contributed by atoms with E-state index in [1.54, 1.807) is 24.3 Å². The fourth-order valence-corrected chi connectivity index (χ4v) is 2.15. The Bertz CT molecular complexity index is 580. The number of hydrogen-bond donors (Lipinski definition) is 2. The molecule has 7 heteroatoms. The number of benzene rings is 1. The van der Waals surface area contributed by atoms with E-state index in [0.29, 0.717) is 10.6 Å². The van der Waals surface area contributed by atoms with Gasteiger partial charge in [0.1, 0.15) is 5.92 Å². The van der Waals surface area contributed by atoms with Crippen molar-refractivity contribution in [3.63, 3.8) is 0 Å². The van der Waals surface area contributed by atoms with Crippen LogP contribution in [0.2, 0.25) is 5.02 Å². The summed E-state index contributed by atoms with van der Waals surface area (Å²) in [6.07, 6.45) is 0.0123. The third-order valence-corrected chi connectivity index (χ3v) is 3.27. The van der Waals surface area contributed by atoms with Crippen LogP contribution in [0.25, 0.3) is 0 Å². The molecule has 1 fully saturated rings. The van der Waals surface area contributed by atoms with E-state index in [1.807, 2.05) is 10.6 Å². The molecule has 0 unspecified atom stereocenters. The monoisotopic (exact) mass is 294 g/mol. The van der Waals surface area contributed by atoms with E-state index in [9.17, 15) is 19.2 Å². The largest absolute Gasteiger partial charge is 0.328 e. The predicted octanol–water partition coefficient (Wildman–Crippen LogP) is 1.29. The van der Waals surface area contributed by atoms with Crippen LogP contribution in [0.3, 0.4) is 0 Å². The summed E-state index contributed by atoms with van der Waals surface area (Å²) in [5, 5.41) is 4.30. The lowest BCUT2D eigenvalue weighted by Crippen LogP contribution is -2.55. The maximum atomic E-state index is 12.0. The minimum Gasteiger partial charge on any atom is -0.294 e. The minimum atomic E-state index is -1.04. The van der Waals surface area contributed by atoms with Crippen molar-refractivity contribution < 1.29 is 19.2 Å². The molecule has 1 saturated heterocycles. The predicted molar refractivity (Wildman–Crippen MR) is 70.2 cm³/mol. The van der Waals surface area contributed by atoms with E-state index in [0.717, 1.165) is 0 Å². The molecule has 4 amide bonds. The van der Waals surface area contributed by atoms with Crippen LogP contribution in [-0.4, -0.2) is 23.6 Å². The molecule has 1 heterocycles. The SMILES string of the molecule is O=C1NC(=O)C(CCC(=O)c2ccccc2Cl)C(=O)N1. The Balaban J connectivity index is 2.00. The summed E-state index contributed by atoms with van der Waals surface area (Å²) in [6.45, 7) is 0. The van der Waals surface area contributed by atoms with Crippen molar-refractivity contribution in [2.45, 2.75) is 12.8 Å². The molecule has 2 rings (SSSR count). The Morgan fingerprint density at radius 1 is 1.10 bits per heavy atom. The van der Waals surface area contributed by atoms with Crippen LogP contribution in [0, 0.1) is 5.92 Å². The van der Waals surface area contributed by atoms with Gasteiger partial charge in [0.2, 0.25) is 11.8 Å². The van der Waals surface area contributed by atoms with Crippen LogP contribution in [-0.2, 0) is 9.59 Å². The van der Waals surface area contributed by atoms with Crippen LogP contribution < -0.4 is 10.6 Å². The second-order valence-electron chi connectivity index (χ2n) is 4.30. The molecule has 1 aliphatic rings. The molecule has 0 aliphatic carbocycles. The van der Waals surface area contributed by atoms with E-state index in [1.165, 1.54) is 0 Å². The van der Waals surface area contributed by atoms with Crippen molar-refractivity contribution in [1.82, 2.24) is 10.6 Å². The van der Waals surface area contributed by atoms with Gasteiger partial charge in [-0.05, 0) is 18.6 Å². The molecule has 1 aromatic carbocycles. The van der Waals surface area contributed by atoms with Gasteiger partial charge in [-0.15, -0.1) is 0 Å². The lowest BCUT2D eigenvalue weighted by Gasteiger charge is -2.20. The second kappa shape index (κ2) is 5.83. The number of ketones is 1. The van der Waals surface area contributed by atoms with Gasteiger partial charge in [-0.2, -0.15) is 0 Å². The van der Waals surface area contributed by atoms with Crippen molar-refractivity contribution in [3.05, 3.63) is 34.9 Å². The molecule has 20 heavy (non-hydrogen) atoms. The van der Waals surface area contributed by atoms with Crippen molar-refractivity contribution in [2.24, 2.45) is 5.92 Å². The number of hydrogen-bond acceptors (Lipinski definition) is 4. The first kappa shape index (κ1) is 14.2. The standard InChI is InChI=1S/C13H11ClN2O4/c14-9-4-2-1-3-7(9)10(17)6-5-8-11(18)15-13(20)16-12(8)19/h1-4,8H,5-6H2,(H2,15,16,18,19,20). The van der Waals surface area contributed by atoms with Crippen molar-refractivity contribution >= 4 is 35.2 Å². The molecule has 1 aliphatic heterocycles. The van der Waals surface area contributed by atoms with Crippen LogP contribution >= 0.6 is 11.6 Å². The molecule has 6 nitrogen and oxygen atoms in total. The summed E-state index contributed by atoms with van der Waals surface area (Å²) in [5.74, 6) is -2.68. The molecule has 104 valence electrons. The summed E-state index contributed by atoms with van der Waals surface area (Å²) in [6, 6.07) is 5.71. The number of halogens is 1. The van der Waals surface area contributed by atoms with Gasteiger partial charge >= 0.3 is 6.03 Å². The van der Waals surface area contributed by atoms with Gasteiger partial charge in [0.15, 0.2) is 5.78 Å². The fraction of sp³-hybridized carbons (Fsp3) is 0.231. The molecule has 1 aromatic rings.